The molecular formula is C15H30. The van der Waals surface area contributed by atoms with Crippen LogP contribution in [0, 0.1) is 11.8 Å². The summed E-state index contributed by atoms with van der Waals surface area (Å²) in [4.78, 5) is 0. The normalized spacial score (nSPS) is 14.7. The van der Waals surface area contributed by atoms with Crippen LogP contribution in [0.1, 0.15) is 73.1 Å². The number of rotatable bonds is 8. The molecule has 0 aliphatic carbocycles. The highest BCUT2D eigenvalue weighted by Gasteiger charge is 2.14. The quantitative estimate of drug-likeness (QED) is 0.458. The van der Waals surface area contributed by atoms with Gasteiger partial charge in [0.15, 0.2) is 0 Å². The molecule has 0 heteroatoms. The van der Waals surface area contributed by atoms with Crippen LogP contribution in [-0.4, -0.2) is 0 Å². The van der Waals surface area contributed by atoms with Crippen LogP contribution in [0.2, 0.25) is 0 Å². The number of hydrogen-bond acceptors (Lipinski definition) is 0. The molecule has 1 unspecified atom stereocenters. The Kier molecular flexibility index (Phi) is 8.85. The average molecular weight is 210 g/mol. The smallest absolute Gasteiger partial charge is 0.0320 e. The van der Waals surface area contributed by atoms with Gasteiger partial charge >= 0.3 is 0 Å². The van der Waals surface area contributed by atoms with Crippen LogP contribution in [0.4, 0.5) is 0 Å². The lowest BCUT2D eigenvalue weighted by Crippen LogP contribution is -2.10. The molecule has 0 aromatic heterocycles. The predicted molar refractivity (Wildman–Crippen MR) is 71.1 cm³/mol. The molecular weight excluding hydrogens is 180 g/mol. The van der Waals surface area contributed by atoms with Gasteiger partial charge in [-0.2, -0.15) is 0 Å². The predicted octanol–water partition coefficient (Wildman–Crippen LogP) is 5.59. The minimum Gasteiger partial charge on any atom is -0.0853 e. The largest absolute Gasteiger partial charge is 0.0853 e. The summed E-state index contributed by atoms with van der Waals surface area (Å²) in [5.74, 6) is 1.81. The summed E-state index contributed by atoms with van der Waals surface area (Å²) >= 11 is 0. The fraction of sp³-hybridized carbons (Fsp3) is 0.867. The van der Waals surface area contributed by atoms with Crippen molar-refractivity contribution >= 4 is 0 Å². The van der Waals surface area contributed by atoms with Gasteiger partial charge in [-0.1, -0.05) is 65.0 Å². The third-order valence-corrected chi connectivity index (χ3v) is 3.52. The maximum Gasteiger partial charge on any atom is -0.0320 e. The van der Waals surface area contributed by atoms with E-state index in [9.17, 15) is 0 Å². The van der Waals surface area contributed by atoms with Crippen LogP contribution in [-0.2, 0) is 0 Å². The Labute approximate surface area is 97.2 Å². The van der Waals surface area contributed by atoms with Crippen molar-refractivity contribution in [1.29, 1.82) is 0 Å². The molecule has 0 aromatic rings. The second-order valence-electron chi connectivity index (χ2n) is 4.95. The van der Waals surface area contributed by atoms with Gasteiger partial charge in [0.05, 0.1) is 0 Å². The van der Waals surface area contributed by atoms with Gasteiger partial charge in [-0.25, -0.2) is 0 Å². The summed E-state index contributed by atoms with van der Waals surface area (Å²) in [6, 6.07) is 0. The Morgan fingerprint density at radius 2 is 1.60 bits per heavy atom. The Morgan fingerprint density at radius 3 is 2.00 bits per heavy atom. The zero-order valence-corrected chi connectivity index (χ0v) is 11.5. The molecule has 0 radical (unpaired) electrons. The van der Waals surface area contributed by atoms with Gasteiger partial charge in [-0.15, -0.1) is 0 Å². The minimum absolute atomic E-state index is 0.867. The van der Waals surface area contributed by atoms with E-state index in [1.54, 1.807) is 5.57 Å². The van der Waals surface area contributed by atoms with Gasteiger partial charge in [0.2, 0.25) is 0 Å². The molecule has 0 bridgehead atoms. The van der Waals surface area contributed by atoms with E-state index in [1.807, 2.05) is 0 Å². The van der Waals surface area contributed by atoms with E-state index < -0.39 is 0 Å². The molecule has 0 nitrogen and oxygen atoms in total. The van der Waals surface area contributed by atoms with Crippen LogP contribution in [0.3, 0.4) is 0 Å². The van der Waals surface area contributed by atoms with Crippen LogP contribution in [0.5, 0.6) is 0 Å². The number of hydrogen-bond donors (Lipinski definition) is 0. The minimum atomic E-state index is 0.867. The van der Waals surface area contributed by atoms with Gasteiger partial charge in [0, 0.05) is 0 Å². The zero-order chi connectivity index (χ0) is 11.7. The molecule has 0 heterocycles. The van der Waals surface area contributed by atoms with Crippen molar-refractivity contribution in [2.24, 2.45) is 11.8 Å². The maximum absolute atomic E-state index is 2.45. The van der Waals surface area contributed by atoms with Crippen LogP contribution < -0.4 is 0 Å². The van der Waals surface area contributed by atoms with Gasteiger partial charge in [0.25, 0.3) is 0 Å². The Balaban J connectivity index is 4.06. The summed E-state index contributed by atoms with van der Waals surface area (Å²) < 4.78 is 0. The summed E-state index contributed by atoms with van der Waals surface area (Å²) in [7, 11) is 0. The first-order valence-corrected chi connectivity index (χ1v) is 6.81. The average Bonchev–Trinajstić information content (AvgIpc) is 2.25. The van der Waals surface area contributed by atoms with E-state index in [4.69, 9.17) is 0 Å². The van der Waals surface area contributed by atoms with Crippen LogP contribution >= 0.6 is 0 Å². The fourth-order valence-electron chi connectivity index (χ4n) is 2.18. The second-order valence-corrected chi connectivity index (χ2v) is 4.95. The van der Waals surface area contributed by atoms with Gasteiger partial charge in [-0.05, 0) is 31.6 Å². The summed E-state index contributed by atoms with van der Waals surface area (Å²) in [6.45, 7) is 11.5. The second kappa shape index (κ2) is 9.00. The van der Waals surface area contributed by atoms with E-state index >= 15 is 0 Å². The fourth-order valence-corrected chi connectivity index (χ4v) is 2.18. The number of allylic oxidation sites excluding steroid dienone is 2. The standard InChI is InChI=1S/C15H30/c1-6-9-15(10-7-2)14(5)12-11-13(4)8-3/h11,14-15H,6-10,12H2,1-5H3. The Hall–Kier alpha value is -0.260. The molecule has 0 spiro atoms. The lowest BCUT2D eigenvalue weighted by Gasteiger charge is -2.22. The molecule has 15 heavy (non-hydrogen) atoms. The van der Waals surface area contributed by atoms with Crippen molar-refractivity contribution in [2.75, 3.05) is 0 Å². The summed E-state index contributed by atoms with van der Waals surface area (Å²) in [5, 5.41) is 0. The van der Waals surface area contributed by atoms with Crippen LogP contribution in [0.15, 0.2) is 11.6 Å². The zero-order valence-electron chi connectivity index (χ0n) is 11.5. The maximum atomic E-state index is 2.45. The summed E-state index contributed by atoms with van der Waals surface area (Å²) in [6.07, 6.45) is 10.4. The summed E-state index contributed by atoms with van der Waals surface area (Å²) in [5.41, 5.74) is 1.55. The lowest BCUT2D eigenvalue weighted by atomic mass is 9.84. The first-order chi connectivity index (χ1) is 7.15. The van der Waals surface area contributed by atoms with Crippen molar-refractivity contribution in [3.05, 3.63) is 11.6 Å². The first kappa shape index (κ1) is 14.7. The molecule has 0 rings (SSSR count). The van der Waals surface area contributed by atoms with Crippen molar-refractivity contribution in [1.82, 2.24) is 0 Å². The Morgan fingerprint density at radius 1 is 1.07 bits per heavy atom. The molecule has 0 saturated heterocycles. The van der Waals surface area contributed by atoms with E-state index in [-0.39, 0.29) is 0 Å². The van der Waals surface area contributed by atoms with E-state index in [2.05, 4.69) is 40.7 Å². The third kappa shape index (κ3) is 6.76. The van der Waals surface area contributed by atoms with Crippen LogP contribution in [0.25, 0.3) is 0 Å². The SMILES string of the molecule is CCCC(CCC)C(C)CC=C(C)CC. The molecule has 1 atom stereocenters. The molecule has 0 fully saturated rings. The third-order valence-electron chi connectivity index (χ3n) is 3.52. The molecule has 0 aliphatic rings. The topological polar surface area (TPSA) is 0 Å². The van der Waals surface area contributed by atoms with Crippen molar-refractivity contribution < 1.29 is 0 Å². The van der Waals surface area contributed by atoms with Gasteiger partial charge < -0.3 is 0 Å². The van der Waals surface area contributed by atoms with E-state index in [1.165, 1.54) is 38.5 Å². The molecule has 0 amide bonds. The highest BCUT2D eigenvalue weighted by molar-refractivity contribution is 4.97. The van der Waals surface area contributed by atoms with Gasteiger partial charge in [0.1, 0.15) is 0 Å². The molecule has 0 N–H and O–H groups in total. The lowest BCUT2D eigenvalue weighted by molar-refractivity contribution is 0.311. The first-order valence-electron chi connectivity index (χ1n) is 6.81. The van der Waals surface area contributed by atoms with E-state index in [0.29, 0.717) is 0 Å². The highest BCUT2D eigenvalue weighted by atomic mass is 14.2. The van der Waals surface area contributed by atoms with Gasteiger partial charge in [-0.3, -0.25) is 0 Å². The molecule has 0 aliphatic heterocycles. The molecule has 0 aromatic carbocycles. The van der Waals surface area contributed by atoms with Crippen molar-refractivity contribution in [3.63, 3.8) is 0 Å². The van der Waals surface area contributed by atoms with E-state index in [0.717, 1.165) is 11.8 Å². The Bertz CT molecular complexity index is 161. The van der Waals surface area contributed by atoms with Crippen molar-refractivity contribution in [2.45, 2.75) is 73.1 Å². The molecule has 90 valence electrons. The van der Waals surface area contributed by atoms with Crippen molar-refractivity contribution in [3.8, 4) is 0 Å². The molecule has 0 saturated carbocycles. The monoisotopic (exact) mass is 210 g/mol. The highest BCUT2D eigenvalue weighted by Crippen LogP contribution is 2.26.